The molecule has 0 radical (unpaired) electrons. The van der Waals surface area contributed by atoms with Crippen LogP contribution in [0, 0.1) is 0 Å². The van der Waals surface area contributed by atoms with E-state index < -0.39 is 12.3 Å². The first-order valence-electron chi connectivity index (χ1n) is 3.43. The number of rotatable bonds is 2. The molecular weight excluding hydrogens is 242 g/mol. The molecule has 12 heavy (non-hydrogen) atoms. The van der Waals surface area contributed by atoms with Crippen LogP contribution in [0.3, 0.4) is 0 Å². The van der Waals surface area contributed by atoms with Crippen LogP contribution in [-0.4, -0.2) is 10.2 Å². The summed E-state index contributed by atoms with van der Waals surface area (Å²) in [7, 11) is 0. The monoisotopic (exact) mass is 251 g/mol. The third-order valence-corrected chi connectivity index (χ3v) is 3.28. The third-order valence-electron chi connectivity index (χ3n) is 1.46. The number of aliphatic hydroxyl groups excluding tert-OH is 2. The van der Waals surface area contributed by atoms with Gasteiger partial charge in [-0.25, -0.2) is 0 Å². The Morgan fingerprint density at radius 1 is 1.58 bits per heavy atom. The largest absolute Gasteiger partial charge is 0.388 e. The fourth-order valence-electron chi connectivity index (χ4n) is 0.944. The Bertz CT molecular complexity index is 247. The number of hydrogen-bond acceptors (Lipinski definition) is 4. The van der Waals surface area contributed by atoms with Gasteiger partial charge >= 0.3 is 0 Å². The van der Waals surface area contributed by atoms with Crippen molar-refractivity contribution in [2.45, 2.75) is 19.3 Å². The zero-order valence-corrected chi connectivity index (χ0v) is 8.89. The smallest absolute Gasteiger partial charge is 0.129 e. The van der Waals surface area contributed by atoms with Gasteiger partial charge in [0.2, 0.25) is 0 Å². The maximum atomic E-state index is 9.29. The van der Waals surface area contributed by atoms with Crippen LogP contribution in [0.5, 0.6) is 0 Å². The second kappa shape index (κ2) is 3.85. The van der Waals surface area contributed by atoms with Crippen LogP contribution < -0.4 is 5.73 Å². The van der Waals surface area contributed by atoms with E-state index in [1.165, 1.54) is 11.3 Å². The average Bonchev–Trinajstić information content (AvgIpc) is 2.31. The minimum Gasteiger partial charge on any atom is -0.388 e. The molecule has 5 heteroatoms. The summed E-state index contributed by atoms with van der Waals surface area (Å²) in [5.41, 5.74) is 5.88. The molecule has 0 aliphatic carbocycles. The lowest BCUT2D eigenvalue weighted by Gasteiger charge is -2.07. The van der Waals surface area contributed by atoms with Crippen molar-refractivity contribution in [3.63, 3.8) is 0 Å². The van der Waals surface area contributed by atoms with Crippen molar-refractivity contribution < 1.29 is 10.2 Å². The van der Waals surface area contributed by atoms with Gasteiger partial charge in [0.1, 0.15) is 6.23 Å². The van der Waals surface area contributed by atoms with Crippen molar-refractivity contribution >= 4 is 27.3 Å². The Morgan fingerprint density at radius 3 is 2.50 bits per heavy atom. The Hall–Kier alpha value is 0.0600. The number of nitrogens with two attached hydrogens (primary N) is 1. The third kappa shape index (κ3) is 2.05. The van der Waals surface area contributed by atoms with Crippen molar-refractivity contribution in [2.75, 3.05) is 0 Å². The van der Waals surface area contributed by atoms with E-state index in [4.69, 9.17) is 10.8 Å². The fourth-order valence-corrected chi connectivity index (χ4v) is 2.58. The molecule has 3 nitrogen and oxygen atoms in total. The topological polar surface area (TPSA) is 66.5 Å². The molecule has 2 atom stereocenters. The standard InChI is InChI=1S/C7H10BrNO2S/c1-3(10)6-4(7(9)11)2-5(8)12-6/h2-3,7,10-11H,9H2,1H3. The van der Waals surface area contributed by atoms with E-state index in [0.29, 0.717) is 10.4 Å². The number of thiophene rings is 1. The Labute approximate surface area is 83.0 Å². The summed E-state index contributed by atoms with van der Waals surface area (Å²) >= 11 is 4.64. The highest BCUT2D eigenvalue weighted by atomic mass is 79.9. The molecule has 0 spiro atoms. The maximum Gasteiger partial charge on any atom is 0.129 e. The highest BCUT2D eigenvalue weighted by Gasteiger charge is 2.15. The first-order chi connectivity index (χ1) is 5.52. The van der Waals surface area contributed by atoms with Crippen molar-refractivity contribution in [1.82, 2.24) is 0 Å². The van der Waals surface area contributed by atoms with Crippen LogP contribution in [0.25, 0.3) is 0 Å². The van der Waals surface area contributed by atoms with Crippen LogP contribution in [0.1, 0.15) is 29.7 Å². The molecule has 2 unspecified atom stereocenters. The van der Waals surface area contributed by atoms with Crippen molar-refractivity contribution in [3.8, 4) is 0 Å². The molecule has 0 saturated carbocycles. The van der Waals surface area contributed by atoms with Gasteiger partial charge in [0.05, 0.1) is 9.89 Å². The van der Waals surface area contributed by atoms with E-state index in [0.717, 1.165) is 3.79 Å². The number of aliphatic hydroxyl groups is 2. The SMILES string of the molecule is CC(O)c1sc(Br)cc1C(N)O. The summed E-state index contributed by atoms with van der Waals surface area (Å²) < 4.78 is 0.859. The van der Waals surface area contributed by atoms with Gasteiger partial charge in [-0.15, -0.1) is 11.3 Å². The van der Waals surface area contributed by atoms with Crippen LogP contribution in [0.2, 0.25) is 0 Å². The van der Waals surface area contributed by atoms with Crippen molar-refractivity contribution in [1.29, 1.82) is 0 Å². The zero-order valence-electron chi connectivity index (χ0n) is 6.49. The zero-order chi connectivity index (χ0) is 9.30. The lowest BCUT2D eigenvalue weighted by atomic mass is 10.2. The highest BCUT2D eigenvalue weighted by molar-refractivity contribution is 9.11. The molecule has 1 aromatic rings. The van der Waals surface area contributed by atoms with Gasteiger partial charge in [-0.3, -0.25) is 0 Å². The van der Waals surface area contributed by atoms with Crippen molar-refractivity contribution in [2.24, 2.45) is 5.73 Å². The van der Waals surface area contributed by atoms with Gasteiger partial charge in [-0.2, -0.15) is 0 Å². The predicted octanol–water partition coefficient (Wildman–Crippen LogP) is 1.51. The minimum atomic E-state index is -1.02. The van der Waals surface area contributed by atoms with Crippen LogP contribution in [0.4, 0.5) is 0 Å². The highest BCUT2D eigenvalue weighted by Crippen LogP contribution is 2.33. The molecule has 0 aliphatic rings. The fraction of sp³-hybridized carbons (Fsp3) is 0.429. The van der Waals surface area contributed by atoms with Crippen LogP contribution >= 0.6 is 27.3 Å². The Morgan fingerprint density at radius 2 is 2.17 bits per heavy atom. The second-order valence-corrected chi connectivity index (χ2v) is 4.95. The van der Waals surface area contributed by atoms with Crippen LogP contribution in [-0.2, 0) is 0 Å². The molecule has 0 aromatic carbocycles. The summed E-state index contributed by atoms with van der Waals surface area (Å²) in [6.45, 7) is 1.64. The molecule has 0 aliphatic heterocycles. The number of halogens is 1. The summed E-state index contributed by atoms with van der Waals surface area (Å²) in [4.78, 5) is 0.705. The summed E-state index contributed by atoms with van der Waals surface area (Å²) in [6, 6.07) is 1.72. The van der Waals surface area contributed by atoms with Crippen molar-refractivity contribution in [3.05, 3.63) is 20.3 Å². The van der Waals surface area contributed by atoms with Gasteiger partial charge in [0.15, 0.2) is 0 Å². The maximum absolute atomic E-state index is 9.29. The Balaban J connectivity index is 3.08. The molecular formula is C7H10BrNO2S. The first kappa shape index (κ1) is 10.1. The second-order valence-electron chi connectivity index (χ2n) is 2.49. The van der Waals surface area contributed by atoms with Gasteiger partial charge in [0, 0.05) is 10.4 Å². The van der Waals surface area contributed by atoms with E-state index in [1.807, 2.05) is 0 Å². The first-order valence-corrected chi connectivity index (χ1v) is 5.04. The van der Waals surface area contributed by atoms with Crippen LogP contribution in [0.15, 0.2) is 9.85 Å². The molecule has 0 fully saturated rings. The predicted molar refractivity (Wildman–Crippen MR) is 51.8 cm³/mol. The average molecular weight is 252 g/mol. The summed E-state index contributed by atoms with van der Waals surface area (Å²) in [5.74, 6) is 0. The van der Waals surface area contributed by atoms with Gasteiger partial charge < -0.3 is 15.9 Å². The molecule has 1 heterocycles. The molecule has 1 rings (SSSR count). The van der Waals surface area contributed by atoms with Gasteiger partial charge in [-0.1, -0.05) is 0 Å². The molecule has 68 valence electrons. The minimum absolute atomic E-state index is 0.585. The molecule has 1 aromatic heterocycles. The van der Waals surface area contributed by atoms with E-state index in [9.17, 15) is 5.11 Å². The molecule has 0 bridgehead atoms. The quantitative estimate of drug-likeness (QED) is 0.699. The molecule has 0 amide bonds. The summed E-state index contributed by atoms with van der Waals surface area (Å²) in [5, 5.41) is 18.4. The van der Waals surface area contributed by atoms with Gasteiger partial charge in [-0.05, 0) is 28.9 Å². The van der Waals surface area contributed by atoms with E-state index in [2.05, 4.69) is 15.9 Å². The van der Waals surface area contributed by atoms with E-state index >= 15 is 0 Å². The molecule has 4 N–H and O–H groups in total. The molecule has 0 saturated heterocycles. The lowest BCUT2D eigenvalue weighted by Crippen LogP contribution is -2.10. The summed E-state index contributed by atoms with van der Waals surface area (Å²) in [6.07, 6.45) is -1.60. The normalized spacial score (nSPS) is 16.1. The number of hydrogen-bond donors (Lipinski definition) is 3. The van der Waals surface area contributed by atoms with Gasteiger partial charge in [0.25, 0.3) is 0 Å². The Kier molecular flexibility index (Phi) is 3.25. The lowest BCUT2D eigenvalue weighted by molar-refractivity contribution is 0.171. The van der Waals surface area contributed by atoms with E-state index in [-0.39, 0.29) is 0 Å². The van der Waals surface area contributed by atoms with E-state index in [1.54, 1.807) is 13.0 Å².